The minimum atomic E-state index is -0.479. The standard InChI is InChI=1S/C23H25N5O3S/c1-2-21-25-26-23(32-21)24-22(29)19-15-18(28(30)31)8-9-20(19)27-12-10-17(11-13-27)14-16-6-4-3-5-7-16/h3-9,15,17H,2,10-14H2,1H3,(H,24,26,29). The fourth-order valence-electron chi connectivity index (χ4n) is 4.03. The zero-order chi connectivity index (χ0) is 22.5. The number of nitro groups is 1. The number of carbonyl (C=O) groups excluding carboxylic acids is 1. The number of nitro benzene ring substituents is 1. The van der Waals surface area contributed by atoms with Crippen molar-refractivity contribution in [1.29, 1.82) is 0 Å². The maximum absolute atomic E-state index is 13.0. The molecule has 9 heteroatoms. The molecule has 166 valence electrons. The zero-order valence-electron chi connectivity index (χ0n) is 17.9. The van der Waals surface area contributed by atoms with Gasteiger partial charge in [0.2, 0.25) is 5.13 Å². The molecule has 1 N–H and O–H groups in total. The van der Waals surface area contributed by atoms with Gasteiger partial charge in [-0.15, -0.1) is 10.2 Å². The van der Waals surface area contributed by atoms with Gasteiger partial charge in [-0.25, -0.2) is 0 Å². The maximum atomic E-state index is 13.0. The van der Waals surface area contributed by atoms with Crippen LogP contribution in [0.25, 0.3) is 0 Å². The summed E-state index contributed by atoms with van der Waals surface area (Å²) >= 11 is 1.31. The summed E-state index contributed by atoms with van der Waals surface area (Å²) in [5.74, 6) is 0.173. The molecule has 1 aliphatic heterocycles. The molecule has 0 spiro atoms. The van der Waals surface area contributed by atoms with Crippen molar-refractivity contribution in [3.8, 4) is 0 Å². The quantitative estimate of drug-likeness (QED) is 0.412. The largest absolute Gasteiger partial charge is 0.371 e. The first-order chi connectivity index (χ1) is 15.5. The molecule has 0 radical (unpaired) electrons. The molecule has 2 aromatic carbocycles. The van der Waals surface area contributed by atoms with Gasteiger partial charge in [0.15, 0.2) is 0 Å². The van der Waals surface area contributed by atoms with Gasteiger partial charge in [-0.05, 0) is 43.2 Å². The van der Waals surface area contributed by atoms with E-state index in [1.165, 1.54) is 29.0 Å². The Morgan fingerprint density at radius 1 is 1.19 bits per heavy atom. The van der Waals surface area contributed by atoms with Crippen molar-refractivity contribution in [2.75, 3.05) is 23.3 Å². The number of non-ortho nitro benzene ring substituents is 1. The summed E-state index contributed by atoms with van der Waals surface area (Å²) in [5.41, 5.74) is 2.23. The highest BCUT2D eigenvalue weighted by atomic mass is 32.1. The summed E-state index contributed by atoms with van der Waals surface area (Å²) in [6.45, 7) is 3.56. The second-order valence-electron chi connectivity index (χ2n) is 7.89. The SMILES string of the molecule is CCc1nnc(NC(=O)c2cc([N+](=O)[O-])ccc2N2CCC(Cc3ccccc3)CC2)s1. The Morgan fingerprint density at radius 2 is 1.94 bits per heavy atom. The Morgan fingerprint density at radius 3 is 2.59 bits per heavy atom. The number of aromatic nitrogens is 2. The number of benzene rings is 2. The lowest BCUT2D eigenvalue weighted by Crippen LogP contribution is -2.35. The second kappa shape index (κ2) is 9.86. The summed E-state index contributed by atoms with van der Waals surface area (Å²) in [7, 11) is 0. The van der Waals surface area contributed by atoms with Gasteiger partial charge in [-0.2, -0.15) is 0 Å². The number of amides is 1. The molecule has 32 heavy (non-hydrogen) atoms. The first kappa shape index (κ1) is 21.9. The third kappa shape index (κ3) is 5.11. The predicted molar refractivity (Wildman–Crippen MR) is 125 cm³/mol. The number of aryl methyl sites for hydroxylation is 1. The number of nitrogens with zero attached hydrogens (tertiary/aromatic N) is 4. The normalized spacial score (nSPS) is 14.3. The topological polar surface area (TPSA) is 101 Å². The van der Waals surface area contributed by atoms with E-state index in [4.69, 9.17) is 0 Å². The van der Waals surface area contributed by atoms with E-state index < -0.39 is 10.8 Å². The van der Waals surface area contributed by atoms with Gasteiger partial charge in [0.25, 0.3) is 11.6 Å². The number of hydrogen-bond acceptors (Lipinski definition) is 7. The van der Waals surface area contributed by atoms with Crippen molar-refractivity contribution in [2.45, 2.75) is 32.6 Å². The van der Waals surface area contributed by atoms with Crippen LogP contribution in [-0.2, 0) is 12.8 Å². The zero-order valence-corrected chi connectivity index (χ0v) is 18.7. The van der Waals surface area contributed by atoms with E-state index in [9.17, 15) is 14.9 Å². The predicted octanol–water partition coefficient (Wildman–Crippen LogP) is 4.72. The number of hydrogen-bond donors (Lipinski definition) is 1. The van der Waals surface area contributed by atoms with E-state index in [1.54, 1.807) is 6.07 Å². The third-order valence-electron chi connectivity index (χ3n) is 5.75. The summed E-state index contributed by atoms with van der Waals surface area (Å²) < 4.78 is 0. The van der Waals surface area contributed by atoms with Crippen LogP contribution in [-0.4, -0.2) is 34.1 Å². The summed E-state index contributed by atoms with van der Waals surface area (Å²) in [4.78, 5) is 26.0. The molecular formula is C23H25N5O3S. The lowest BCUT2D eigenvalue weighted by Gasteiger charge is -2.34. The highest BCUT2D eigenvalue weighted by Gasteiger charge is 2.25. The monoisotopic (exact) mass is 451 g/mol. The van der Waals surface area contributed by atoms with Crippen LogP contribution in [0.5, 0.6) is 0 Å². The molecule has 1 fully saturated rings. The Kier molecular flexibility index (Phi) is 6.75. The second-order valence-corrected chi connectivity index (χ2v) is 8.95. The van der Waals surface area contributed by atoms with Crippen LogP contribution < -0.4 is 10.2 Å². The first-order valence-corrected chi connectivity index (χ1v) is 11.6. The highest BCUT2D eigenvalue weighted by molar-refractivity contribution is 7.15. The fraction of sp³-hybridized carbons (Fsp3) is 0.348. The molecule has 1 saturated heterocycles. The first-order valence-electron chi connectivity index (χ1n) is 10.7. The number of carbonyl (C=O) groups is 1. The Bertz CT molecular complexity index is 1090. The maximum Gasteiger partial charge on any atom is 0.270 e. The smallest absolute Gasteiger partial charge is 0.270 e. The van der Waals surface area contributed by atoms with Gasteiger partial charge in [0, 0.05) is 25.2 Å². The Hall–Kier alpha value is -3.33. The Labute approximate surface area is 190 Å². The van der Waals surface area contributed by atoms with Crippen molar-refractivity contribution >= 4 is 33.8 Å². The van der Waals surface area contributed by atoms with Crippen LogP contribution in [0.15, 0.2) is 48.5 Å². The molecule has 8 nitrogen and oxygen atoms in total. The van der Waals surface area contributed by atoms with E-state index >= 15 is 0 Å². The van der Waals surface area contributed by atoms with Gasteiger partial charge >= 0.3 is 0 Å². The van der Waals surface area contributed by atoms with Crippen LogP contribution in [0.4, 0.5) is 16.5 Å². The molecule has 1 aromatic heterocycles. The van der Waals surface area contributed by atoms with Crippen LogP contribution in [0, 0.1) is 16.0 Å². The van der Waals surface area contributed by atoms with Gasteiger partial charge in [-0.1, -0.05) is 48.6 Å². The molecule has 4 rings (SSSR count). The van der Waals surface area contributed by atoms with Crippen LogP contribution in [0.3, 0.4) is 0 Å². The molecule has 2 heterocycles. The molecule has 1 amide bonds. The van der Waals surface area contributed by atoms with Crippen molar-refractivity contribution < 1.29 is 9.72 Å². The number of anilines is 2. The molecule has 1 aliphatic rings. The summed E-state index contributed by atoms with van der Waals surface area (Å²) in [6.07, 6.45) is 3.78. The van der Waals surface area contributed by atoms with E-state index in [-0.39, 0.29) is 11.3 Å². The van der Waals surface area contributed by atoms with E-state index in [0.717, 1.165) is 43.8 Å². The van der Waals surface area contributed by atoms with E-state index in [2.05, 4.69) is 44.7 Å². The minimum absolute atomic E-state index is 0.107. The van der Waals surface area contributed by atoms with Crippen molar-refractivity contribution in [3.05, 3.63) is 74.8 Å². The lowest BCUT2D eigenvalue weighted by atomic mass is 9.89. The van der Waals surface area contributed by atoms with Crippen LogP contribution >= 0.6 is 11.3 Å². The molecule has 0 atom stereocenters. The van der Waals surface area contributed by atoms with Crippen LogP contribution in [0.2, 0.25) is 0 Å². The minimum Gasteiger partial charge on any atom is -0.371 e. The third-order valence-corrected chi connectivity index (χ3v) is 6.73. The average molecular weight is 452 g/mol. The van der Waals surface area contributed by atoms with E-state index in [0.29, 0.717) is 16.7 Å². The average Bonchev–Trinajstić information content (AvgIpc) is 3.27. The molecule has 0 unspecified atom stereocenters. The summed E-state index contributed by atoms with van der Waals surface area (Å²) in [5, 5.41) is 23.3. The van der Waals surface area contributed by atoms with Crippen molar-refractivity contribution in [3.63, 3.8) is 0 Å². The van der Waals surface area contributed by atoms with Crippen molar-refractivity contribution in [1.82, 2.24) is 10.2 Å². The van der Waals surface area contributed by atoms with Crippen molar-refractivity contribution in [2.24, 2.45) is 5.92 Å². The Balaban J connectivity index is 1.50. The molecule has 0 aliphatic carbocycles. The molecule has 0 saturated carbocycles. The molecule has 3 aromatic rings. The molecule has 0 bridgehead atoms. The number of nitrogens with one attached hydrogen (secondary N) is 1. The summed E-state index contributed by atoms with van der Waals surface area (Å²) in [6, 6.07) is 15.0. The van der Waals surface area contributed by atoms with E-state index in [1.807, 2.05) is 13.0 Å². The number of piperidine rings is 1. The van der Waals surface area contributed by atoms with Gasteiger partial charge in [0.05, 0.1) is 16.2 Å². The fourth-order valence-corrected chi connectivity index (χ4v) is 4.71. The number of rotatable bonds is 7. The van der Waals surface area contributed by atoms with Crippen LogP contribution in [0.1, 0.15) is 40.7 Å². The lowest BCUT2D eigenvalue weighted by molar-refractivity contribution is -0.384. The molecular weight excluding hydrogens is 426 g/mol. The van der Waals surface area contributed by atoms with Gasteiger partial charge in [-0.3, -0.25) is 20.2 Å². The highest BCUT2D eigenvalue weighted by Crippen LogP contribution is 2.31. The van der Waals surface area contributed by atoms with Gasteiger partial charge in [0.1, 0.15) is 5.01 Å². The van der Waals surface area contributed by atoms with Gasteiger partial charge < -0.3 is 4.90 Å².